The van der Waals surface area contributed by atoms with Gasteiger partial charge in [-0.05, 0) is 34.1 Å². The van der Waals surface area contributed by atoms with Gasteiger partial charge in [-0.25, -0.2) is 10.8 Å². The number of aryl methyl sites for hydroxylation is 1. The van der Waals surface area contributed by atoms with E-state index in [1.807, 2.05) is 25.1 Å². The third kappa shape index (κ3) is 3.65. The molecule has 0 saturated carbocycles. The Morgan fingerprint density at radius 2 is 2.05 bits per heavy atom. The maximum atomic E-state index is 5.73. The first kappa shape index (κ1) is 14.2. The molecule has 0 radical (unpaired) electrons. The number of halogens is 2. The Bertz CT molecular complexity index is 570. The van der Waals surface area contributed by atoms with Crippen LogP contribution in [0, 0.1) is 0 Å². The third-order valence-electron chi connectivity index (χ3n) is 2.32. The van der Waals surface area contributed by atoms with Gasteiger partial charge >= 0.3 is 0 Å². The van der Waals surface area contributed by atoms with Crippen LogP contribution in [0.25, 0.3) is 0 Å². The van der Waals surface area contributed by atoms with Crippen molar-refractivity contribution >= 4 is 37.7 Å². The van der Waals surface area contributed by atoms with Gasteiger partial charge in [0, 0.05) is 17.0 Å². The van der Waals surface area contributed by atoms with Gasteiger partial charge in [-0.2, -0.15) is 4.98 Å². The number of nitrogens with two attached hydrogens (primary N) is 1. The number of nitrogens with zero attached hydrogens (tertiary/aromatic N) is 2. The maximum absolute atomic E-state index is 5.73. The van der Waals surface area contributed by atoms with Crippen LogP contribution in [0.1, 0.15) is 12.7 Å². The molecule has 0 atom stereocenters. The first-order valence-corrected chi connectivity index (χ1v) is 7.18. The van der Waals surface area contributed by atoms with Crippen LogP contribution < -0.4 is 16.0 Å². The number of hydrazine groups is 1. The molecule has 3 N–H and O–H groups in total. The Kier molecular flexibility index (Phi) is 4.73. The number of anilines is 1. The first-order chi connectivity index (χ1) is 9.12. The van der Waals surface area contributed by atoms with Gasteiger partial charge in [0.05, 0.1) is 4.47 Å². The van der Waals surface area contributed by atoms with E-state index in [4.69, 9.17) is 10.6 Å². The molecule has 0 unspecified atom stereocenters. The summed E-state index contributed by atoms with van der Waals surface area (Å²) in [6.07, 6.45) is 0.702. The van der Waals surface area contributed by atoms with E-state index < -0.39 is 0 Å². The van der Waals surface area contributed by atoms with Gasteiger partial charge in [-0.1, -0.05) is 22.9 Å². The van der Waals surface area contributed by atoms with Crippen LogP contribution in [0.5, 0.6) is 11.6 Å². The van der Waals surface area contributed by atoms with E-state index in [0.29, 0.717) is 29.7 Å². The predicted molar refractivity (Wildman–Crippen MR) is 81.1 cm³/mol. The standard InChI is InChI=1S/C12H12Br2N4O/c1-2-10-16-11(18-15)6-12(17-10)19-9-4-3-7(13)5-8(9)14/h3-6H,2,15H2,1H3,(H,16,17,18). The fourth-order valence-corrected chi connectivity index (χ4v) is 2.56. The summed E-state index contributed by atoms with van der Waals surface area (Å²) in [6, 6.07) is 7.29. The number of ether oxygens (including phenoxy) is 1. The molecule has 0 aliphatic rings. The Balaban J connectivity index is 2.31. The summed E-state index contributed by atoms with van der Waals surface area (Å²) in [7, 11) is 0. The fraction of sp³-hybridized carbons (Fsp3) is 0.167. The minimum Gasteiger partial charge on any atom is -0.438 e. The Morgan fingerprint density at radius 3 is 2.68 bits per heavy atom. The van der Waals surface area contributed by atoms with E-state index in [0.717, 1.165) is 8.95 Å². The molecule has 1 aromatic heterocycles. The zero-order chi connectivity index (χ0) is 13.8. The lowest BCUT2D eigenvalue weighted by molar-refractivity contribution is 0.456. The summed E-state index contributed by atoms with van der Waals surface area (Å²) in [6.45, 7) is 1.97. The zero-order valence-corrected chi connectivity index (χ0v) is 13.3. The smallest absolute Gasteiger partial charge is 0.224 e. The largest absolute Gasteiger partial charge is 0.438 e. The SMILES string of the molecule is CCc1nc(NN)cc(Oc2ccc(Br)cc2Br)n1. The number of benzene rings is 1. The Hall–Kier alpha value is -1.18. The molecule has 0 spiro atoms. The highest BCUT2D eigenvalue weighted by Crippen LogP contribution is 2.31. The molecule has 2 aromatic rings. The number of hydrogen-bond acceptors (Lipinski definition) is 5. The Morgan fingerprint density at radius 1 is 1.26 bits per heavy atom. The highest BCUT2D eigenvalue weighted by atomic mass is 79.9. The number of nitrogens with one attached hydrogen (secondary N) is 1. The van der Waals surface area contributed by atoms with Gasteiger partial charge in [-0.15, -0.1) is 0 Å². The van der Waals surface area contributed by atoms with Gasteiger partial charge < -0.3 is 10.2 Å². The van der Waals surface area contributed by atoms with Crippen molar-refractivity contribution in [1.82, 2.24) is 9.97 Å². The second-order valence-corrected chi connectivity index (χ2v) is 5.45. The third-order valence-corrected chi connectivity index (χ3v) is 3.43. The number of rotatable bonds is 4. The van der Waals surface area contributed by atoms with E-state index in [1.54, 1.807) is 6.07 Å². The molecule has 7 heteroatoms. The molecule has 0 saturated heterocycles. The van der Waals surface area contributed by atoms with Crippen LogP contribution >= 0.6 is 31.9 Å². The summed E-state index contributed by atoms with van der Waals surface area (Å²) in [5.41, 5.74) is 2.50. The molecule has 2 rings (SSSR count). The molecule has 0 aliphatic carbocycles. The quantitative estimate of drug-likeness (QED) is 0.618. The van der Waals surface area contributed by atoms with E-state index >= 15 is 0 Å². The number of hydrogen-bond donors (Lipinski definition) is 2. The molecule has 100 valence electrons. The van der Waals surface area contributed by atoms with Crippen LogP contribution in [0.15, 0.2) is 33.2 Å². The molecule has 5 nitrogen and oxygen atoms in total. The van der Waals surface area contributed by atoms with Crippen molar-refractivity contribution in [2.45, 2.75) is 13.3 Å². The minimum atomic E-state index is 0.447. The topological polar surface area (TPSA) is 73.1 Å². The second-order valence-electron chi connectivity index (χ2n) is 3.68. The second kappa shape index (κ2) is 6.31. The Labute approximate surface area is 127 Å². The molecule has 0 amide bonds. The molecular weight excluding hydrogens is 376 g/mol. The van der Waals surface area contributed by atoms with Crippen molar-refractivity contribution in [3.63, 3.8) is 0 Å². The van der Waals surface area contributed by atoms with Gasteiger partial charge in [0.1, 0.15) is 17.4 Å². The normalized spacial score (nSPS) is 10.3. The van der Waals surface area contributed by atoms with Crippen LogP contribution in [0.4, 0.5) is 5.82 Å². The van der Waals surface area contributed by atoms with Crippen molar-refractivity contribution in [2.24, 2.45) is 5.84 Å². The van der Waals surface area contributed by atoms with Gasteiger partial charge in [-0.3, -0.25) is 0 Å². The zero-order valence-electron chi connectivity index (χ0n) is 10.2. The highest BCUT2D eigenvalue weighted by Gasteiger charge is 2.07. The van der Waals surface area contributed by atoms with Crippen LogP contribution in [0.2, 0.25) is 0 Å². The summed E-state index contributed by atoms with van der Waals surface area (Å²) in [5, 5.41) is 0. The van der Waals surface area contributed by atoms with Crippen molar-refractivity contribution in [2.75, 3.05) is 5.43 Å². The van der Waals surface area contributed by atoms with Crippen LogP contribution in [-0.4, -0.2) is 9.97 Å². The molecule has 19 heavy (non-hydrogen) atoms. The van der Waals surface area contributed by atoms with Gasteiger partial charge in [0.25, 0.3) is 0 Å². The minimum absolute atomic E-state index is 0.447. The average Bonchev–Trinajstić information content (AvgIpc) is 2.41. The summed E-state index contributed by atoms with van der Waals surface area (Å²) < 4.78 is 7.53. The van der Waals surface area contributed by atoms with Crippen LogP contribution in [0.3, 0.4) is 0 Å². The lowest BCUT2D eigenvalue weighted by atomic mass is 10.3. The molecular formula is C12H12Br2N4O. The lowest BCUT2D eigenvalue weighted by Gasteiger charge is -2.09. The first-order valence-electron chi connectivity index (χ1n) is 5.60. The predicted octanol–water partition coefficient (Wildman–Crippen LogP) is 3.64. The van der Waals surface area contributed by atoms with E-state index in [-0.39, 0.29) is 0 Å². The lowest BCUT2D eigenvalue weighted by Crippen LogP contribution is -2.10. The van der Waals surface area contributed by atoms with E-state index in [2.05, 4.69) is 47.3 Å². The average molecular weight is 388 g/mol. The highest BCUT2D eigenvalue weighted by molar-refractivity contribution is 9.11. The van der Waals surface area contributed by atoms with Gasteiger partial charge in [0.15, 0.2) is 0 Å². The molecule has 1 heterocycles. The van der Waals surface area contributed by atoms with Gasteiger partial charge in [0.2, 0.25) is 5.88 Å². The number of aromatic nitrogens is 2. The summed E-state index contributed by atoms with van der Waals surface area (Å²) >= 11 is 6.83. The van der Waals surface area contributed by atoms with Crippen LogP contribution in [-0.2, 0) is 6.42 Å². The summed E-state index contributed by atoms with van der Waals surface area (Å²) in [5.74, 6) is 7.68. The summed E-state index contributed by atoms with van der Waals surface area (Å²) in [4.78, 5) is 8.50. The molecule has 0 aliphatic heterocycles. The van der Waals surface area contributed by atoms with Crippen molar-refractivity contribution < 1.29 is 4.74 Å². The molecule has 0 fully saturated rings. The number of nitrogen functional groups attached to an aromatic ring is 1. The van der Waals surface area contributed by atoms with E-state index in [9.17, 15) is 0 Å². The monoisotopic (exact) mass is 386 g/mol. The maximum Gasteiger partial charge on any atom is 0.224 e. The van der Waals surface area contributed by atoms with Crippen molar-refractivity contribution in [1.29, 1.82) is 0 Å². The van der Waals surface area contributed by atoms with Crippen molar-refractivity contribution in [3.05, 3.63) is 39.0 Å². The molecule has 0 bridgehead atoms. The fourth-order valence-electron chi connectivity index (χ4n) is 1.43. The molecule has 1 aromatic carbocycles. The van der Waals surface area contributed by atoms with Crippen molar-refractivity contribution in [3.8, 4) is 11.6 Å². The van der Waals surface area contributed by atoms with E-state index in [1.165, 1.54) is 0 Å².